The van der Waals surface area contributed by atoms with Crippen LogP contribution in [0.15, 0.2) is 131 Å². The summed E-state index contributed by atoms with van der Waals surface area (Å²) in [6.45, 7) is 13.2. The van der Waals surface area contributed by atoms with Crippen LogP contribution in [0.2, 0.25) is 0 Å². The largest absolute Gasteiger partial charge is 0.497 e. The van der Waals surface area contributed by atoms with Gasteiger partial charge in [0.05, 0.1) is 101 Å². The molecule has 2 amide bonds. The van der Waals surface area contributed by atoms with Crippen LogP contribution in [-0.2, 0) is 90.0 Å². The number of hydrogen-bond acceptors (Lipinski definition) is 20. The molecule has 28 heteroatoms. The molecule has 26 nitrogen and oxygen atoms in total. The summed E-state index contributed by atoms with van der Waals surface area (Å²) in [6, 6.07) is 30.1. The van der Waals surface area contributed by atoms with Crippen molar-refractivity contribution in [2.45, 2.75) is 146 Å². The van der Waals surface area contributed by atoms with Crippen LogP contribution in [0.25, 0.3) is 0 Å². The van der Waals surface area contributed by atoms with Gasteiger partial charge in [-0.3, -0.25) is 14.4 Å². The minimum atomic E-state index is -3.90. The first-order chi connectivity index (χ1) is 47.8. The normalized spacial score (nSPS) is 23.1. The molecule has 0 aliphatic carbocycles. The molecule has 6 aliphatic rings. The van der Waals surface area contributed by atoms with Gasteiger partial charge in [0.25, 0.3) is 0 Å². The van der Waals surface area contributed by atoms with Gasteiger partial charge in [0, 0.05) is 74.8 Å². The molecule has 0 radical (unpaired) electrons. The Morgan fingerprint density at radius 2 is 0.881 bits per heavy atom. The number of benzene rings is 4. The average molecular weight is 1450 g/mol. The third kappa shape index (κ3) is 25.5. The summed E-state index contributed by atoms with van der Waals surface area (Å²) in [5.41, 5.74) is 1.87. The van der Waals surface area contributed by atoms with E-state index in [0.717, 1.165) is 42.5 Å². The number of nitrogens with zero attached hydrogens (tertiary/aromatic N) is 2. The SMILES string of the molecule is C.CCOC(=O)C=CC(=O)O.COc1ccc(S(=O)(=O)N(CC(C)C)C[C@@H](O)[C@H](Cc2ccccc2)NC(=O)C[C@@H]2CO[C@@H]3OCC[C@H]23)cc1.COc1ccc(S(=O)(=O)N(CC(C)C)C[C@@H](O)[C@H](Cc2ccccc2)NC(=O)C[C@H]2CO[C@H]3OCC[C@@H]23)cc1.O=C(O)CC1COC2OCCC12. The van der Waals surface area contributed by atoms with Crippen molar-refractivity contribution in [3.63, 3.8) is 0 Å². The summed E-state index contributed by atoms with van der Waals surface area (Å²) in [4.78, 5) is 57.2. The summed E-state index contributed by atoms with van der Waals surface area (Å²) < 4.78 is 105. The lowest BCUT2D eigenvalue weighted by Gasteiger charge is -2.31. The number of fused-ring (bicyclic) bond motifs is 3. The first-order valence-electron chi connectivity index (χ1n) is 34.1. The molecule has 13 atom stereocenters. The number of ether oxygens (including phenoxy) is 9. The maximum Gasteiger partial charge on any atom is 0.330 e. The van der Waals surface area contributed by atoms with Crippen molar-refractivity contribution < 1.29 is 104 Å². The van der Waals surface area contributed by atoms with E-state index in [1.807, 2.05) is 88.4 Å². The maximum atomic E-state index is 13.6. The van der Waals surface area contributed by atoms with Crippen LogP contribution < -0.4 is 20.1 Å². The van der Waals surface area contributed by atoms with Crippen LogP contribution in [0.5, 0.6) is 11.5 Å². The minimum absolute atomic E-state index is 0. The fraction of sp³-hybridized carbons (Fsp3) is 0.575. The number of aliphatic hydroxyl groups is 2. The number of sulfonamides is 2. The maximum absolute atomic E-state index is 13.6. The summed E-state index contributed by atoms with van der Waals surface area (Å²) in [7, 11) is -4.77. The van der Waals surface area contributed by atoms with E-state index < -0.39 is 62.2 Å². The lowest BCUT2D eigenvalue weighted by Crippen LogP contribution is -2.51. The number of hydrogen-bond donors (Lipinski definition) is 6. The van der Waals surface area contributed by atoms with Crippen LogP contribution in [0.3, 0.4) is 0 Å². The predicted molar refractivity (Wildman–Crippen MR) is 373 cm³/mol. The van der Waals surface area contributed by atoms with Gasteiger partial charge < -0.3 is 73.7 Å². The second kappa shape index (κ2) is 40.8. The number of carboxylic acids is 2. The Morgan fingerprint density at radius 1 is 0.525 bits per heavy atom. The highest BCUT2D eigenvalue weighted by Crippen LogP contribution is 2.40. The number of methoxy groups -OCH3 is 2. The Hall–Kier alpha value is -6.93. The molecule has 4 aromatic rings. The molecule has 6 saturated heterocycles. The van der Waals surface area contributed by atoms with Crippen LogP contribution in [0.1, 0.15) is 91.7 Å². The summed E-state index contributed by atoms with van der Waals surface area (Å²) in [5.74, 6) is -0.767. The van der Waals surface area contributed by atoms with Gasteiger partial charge in [0.1, 0.15) is 11.5 Å². The Labute approximate surface area is 594 Å². The van der Waals surface area contributed by atoms with E-state index in [1.165, 1.54) is 47.1 Å². The Kier molecular flexibility index (Phi) is 33.5. The van der Waals surface area contributed by atoms with E-state index in [4.69, 9.17) is 48.1 Å². The molecule has 6 N–H and O–H groups in total. The zero-order valence-electron chi connectivity index (χ0n) is 58.0. The average Bonchev–Trinajstić information content (AvgIpc) is 1.75. The Balaban J connectivity index is 0.000000242. The van der Waals surface area contributed by atoms with Crippen LogP contribution in [0.4, 0.5) is 0 Å². The standard InChI is InChI=1S/2C29H40N2O7S.C8H12O4.C6H8O4.CH4/c2*1-20(2)17-31(39(34,35)24-11-9-23(36-3)10-12-24)18-27(32)26(15-21-7-5-4-6-8-21)30-28(33)16-22-19-38-29-25(22)13-14-37-29;9-7(10)3-5-4-12-8-6(5)1-2-11-8;1-2-10-6(9)4-3-5(7)8;/h2*4-12,20,22,25-27,29,32H,13-19H2,1-3H3,(H,30,33);5-6,8H,1-4H2,(H,9,10);3-4H,2H2,1H3,(H,7,8);1H4/t22-,25-,26+,27-,29+;22-,25-,26-,27+,29+;;;/m10.../s1. The number of carbonyl (C=O) groups excluding carboxylic acids is 3. The van der Waals surface area contributed by atoms with Crippen molar-refractivity contribution in [2.24, 2.45) is 47.3 Å². The first-order valence-corrected chi connectivity index (χ1v) is 37.0. The number of aliphatic hydroxyl groups excluding tert-OH is 2. The number of esters is 1. The molecule has 0 spiro atoms. The Morgan fingerprint density at radius 3 is 1.20 bits per heavy atom. The lowest BCUT2D eigenvalue weighted by molar-refractivity contribution is -0.139. The van der Waals surface area contributed by atoms with Gasteiger partial charge in [-0.2, -0.15) is 8.61 Å². The van der Waals surface area contributed by atoms with Crippen molar-refractivity contribution in [1.82, 2.24) is 19.2 Å². The molecule has 0 saturated carbocycles. The van der Waals surface area contributed by atoms with Crippen molar-refractivity contribution in [3.05, 3.63) is 132 Å². The van der Waals surface area contributed by atoms with Gasteiger partial charge >= 0.3 is 17.9 Å². The monoisotopic (exact) mass is 1450 g/mol. The third-order valence-corrected chi connectivity index (χ3v) is 21.7. The summed E-state index contributed by atoms with van der Waals surface area (Å²) in [6.07, 6.45) is 2.90. The second-order valence-electron chi connectivity index (χ2n) is 26.4. The topological polar surface area (TPSA) is 348 Å². The number of nitrogens with one attached hydrogen (secondary N) is 2. The molecule has 6 fully saturated rings. The number of rotatable bonds is 31. The van der Waals surface area contributed by atoms with Gasteiger partial charge in [-0.25, -0.2) is 26.4 Å². The smallest absolute Gasteiger partial charge is 0.330 e. The third-order valence-electron chi connectivity index (χ3n) is 18.0. The van der Waals surface area contributed by atoms with Gasteiger partial charge in [-0.1, -0.05) is 95.8 Å². The van der Waals surface area contributed by atoms with E-state index in [2.05, 4.69) is 15.4 Å². The first kappa shape index (κ1) is 83.0. The van der Waals surface area contributed by atoms with Gasteiger partial charge in [-0.15, -0.1) is 0 Å². The highest BCUT2D eigenvalue weighted by atomic mass is 32.2. The molecule has 3 unspecified atom stereocenters. The molecule has 0 aromatic heterocycles. The van der Waals surface area contributed by atoms with E-state index >= 15 is 0 Å². The predicted octanol–water partition coefficient (Wildman–Crippen LogP) is 6.96. The fourth-order valence-electron chi connectivity index (χ4n) is 13.0. The number of carbonyl (C=O) groups is 5. The molecule has 0 bridgehead atoms. The van der Waals surface area contributed by atoms with Crippen LogP contribution >= 0.6 is 0 Å². The second-order valence-corrected chi connectivity index (χ2v) is 30.3. The number of carboxylic acid groups (broad SMARTS) is 2. The Bertz CT molecular complexity index is 3270. The zero-order valence-corrected chi connectivity index (χ0v) is 59.6. The highest BCUT2D eigenvalue weighted by Gasteiger charge is 2.45. The molecular weight excluding hydrogens is 1350 g/mol. The highest BCUT2D eigenvalue weighted by molar-refractivity contribution is 7.89. The molecule has 560 valence electrons. The van der Waals surface area contributed by atoms with Crippen molar-refractivity contribution in [2.75, 3.05) is 86.6 Å². The van der Waals surface area contributed by atoms with Crippen molar-refractivity contribution in [1.29, 1.82) is 0 Å². The van der Waals surface area contributed by atoms with Gasteiger partial charge in [0.15, 0.2) is 18.9 Å². The van der Waals surface area contributed by atoms with Crippen LogP contribution in [-0.4, -0.2) is 205 Å². The van der Waals surface area contributed by atoms with Crippen molar-refractivity contribution >= 4 is 49.8 Å². The molecule has 6 aliphatic heterocycles. The van der Waals surface area contributed by atoms with E-state index in [-0.39, 0.29) is 141 Å². The summed E-state index contributed by atoms with van der Waals surface area (Å²) >= 11 is 0. The molecule has 101 heavy (non-hydrogen) atoms. The number of aliphatic carboxylic acids is 2. The molecule has 6 heterocycles. The van der Waals surface area contributed by atoms with E-state index in [9.17, 15) is 51.0 Å². The molecule has 4 aromatic carbocycles. The zero-order chi connectivity index (χ0) is 72.5. The van der Waals surface area contributed by atoms with Gasteiger partial charge in [-0.05, 0) is 122 Å². The van der Waals surface area contributed by atoms with E-state index in [1.54, 1.807) is 31.2 Å². The van der Waals surface area contributed by atoms with Crippen molar-refractivity contribution in [3.8, 4) is 11.5 Å². The van der Waals surface area contributed by atoms with Gasteiger partial charge in [0.2, 0.25) is 31.9 Å². The van der Waals surface area contributed by atoms with Crippen LogP contribution in [0, 0.1) is 47.3 Å². The lowest BCUT2D eigenvalue weighted by atomic mass is 9.90. The fourth-order valence-corrected chi connectivity index (χ4v) is 16.2. The molecular formula is C73H104N4O22S2. The molecule has 10 rings (SSSR count). The number of amides is 2. The van der Waals surface area contributed by atoms with E-state index in [0.29, 0.717) is 69.9 Å². The quantitative estimate of drug-likeness (QED) is 0.0219. The summed E-state index contributed by atoms with van der Waals surface area (Å²) in [5, 5.41) is 45.5. The minimum Gasteiger partial charge on any atom is -0.497 e.